The minimum Gasteiger partial charge on any atom is -0.481 e. The lowest BCUT2D eigenvalue weighted by molar-refractivity contribution is -0.138. The predicted octanol–water partition coefficient (Wildman–Crippen LogP) is 3.34. The lowest BCUT2D eigenvalue weighted by Crippen LogP contribution is -2.41. The molecular weight excluding hydrogens is 312 g/mol. The van der Waals surface area contributed by atoms with E-state index in [1.54, 1.807) is 0 Å². The summed E-state index contributed by atoms with van der Waals surface area (Å²) >= 11 is 0. The van der Waals surface area contributed by atoms with E-state index in [-0.39, 0.29) is 5.91 Å². The molecule has 2 aliphatic rings. The summed E-state index contributed by atoms with van der Waals surface area (Å²) in [4.78, 5) is 14.9. The number of rotatable bonds is 4. The largest absolute Gasteiger partial charge is 0.481 e. The minimum atomic E-state index is -0.433. The van der Waals surface area contributed by atoms with E-state index in [0.717, 1.165) is 62.2 Å². The van der Waals surface area contributed by atoms with Gasteiger partial charge in [0.1, 0.15) is 5.75 Å². The van der Waals surface area contributed by atoms with Gasteiger partial charge in [-0.2, -0.15) is 0 Å². The van der Waals surface area contributed by atoms with E-state index in [0.29, 0.717) is 5.92 Å². The molecule has 1 aromatic carbocycles. The molecule has 25 heavy (non-hydrogen) atoms. The van der Waals surface area contributed by atoms with E-state index in [1.165, 1.54) is 5.56 Å². The molecule has 0 aliphatic carbocycles. The molecule has 2 fully saturated rings. The van der Waals surface area contributed by atoms with Gasteiger partial charge < -0.3 is 15.0 Å². The van der Waals surface area contributed by atoms with Crippen LogP contribution in [0.5, 0.6) is 5.75 Å². The van der Waals surface area contributed by atoms with Crippen LogP contribution < -0.4 is 10.1 Å². The average molecular weight is 344 g/mol. The van der Waals surface area contributed by atoms with E-state index in [9.17, 15) is 4.79 Å². The lowest BCUT2D eigenvalue weighted by Gasteiger charge is -2.25. The summed E-state index contributed by atoms with van der Waals surface area (Å²) in [6.45, 7) is 12.2. The van der Waals surface area contributed by atoms with Crippen molar-refractivity contribution in [2.45, 2.75) is 52.6 Å². The van der Waals surface area contributed by atoms with Gasteiger partial charge in [-0.1, -0.05) is 26.0 Å². The number of hydrogen-bond acceptors (Lipinski definition) is 3. The number of nitrogens with zero attached hydrogens (tertiary/aromatic N) is 1. The van der Waals surface area contributed by atoms with Gasteiger partial charge >= 0.3 is 0 Å². The highest BCUT2D eigenvalue weighted by Gasteiger charge is 2.33. The molecule has 3 atom stereocenters. The van der Waals surface area contributed by atoms with Crippen molar-refractivity contribution < 1.29 is 9.53 Å². The number of amides is 1. The predicted molar refractivity (Wildman–Crippen MR) is 101 cm³/mol. The number of benzene rings is 1. The molecule has 4 nitrogen and oxygen atoms in total. The van der Waals surface area contributed by atoms with Gasteiger partial charge in [-0.15, -0.1) is 0 Å². The molecule has 1 N–H and O–H groups in total. The number of hydrogen-bond donors (Lipinski definition) is 1. The maximum absolute atomic E-state index is 12.9. The third-order valence-electron chi connectivity index (χ3n) is 5.86. The third-order valence-corrected chi connectivity index (χ3v) is 5.86. The van der Waals surface area contributed by atoms with Gasteiger partial charge in [0.15, 0.2) is 6.10 Å². The van der Waals surface area contributed by atoms with Gasteiger partial charge in [-0.3, -0.25) is 4.79 Å². The van der Waals surface area contributed by atoms with Crippen molar-refractivity contribution in [3.8, 4) is 5.75 Å². The third kappa shape index (κ3) is 4.17. The standard InChI is InChI=1S/C21H32N2O2/c1-14(2)17-6-5-15(3)20(11-17)25-16(4)21(24)23-9-7-18-12-22-13-19(18)8-10-23/h5-6,11,14,16,18-19,22H,7-10,12-13H2,1-4H3/t16?,18-,19+. The van der Waals surface area contributed by atoms with Crippen LogP contribution in [0.2, 0.25) is 0 Å². The first-order valence-electron chi connectivity index (χ1n) is 9.72. The highest BCUT2D eigenvalue weighted by Crippen LogP contribution is 2.28. The average Bonchev–Trinajstić information content (AvgIpc) is 2.94. The van der Waals surface area contributed by atoms with Gasteiger partial charge in [0.05, 0.1) is 0 Å². The minimum absolute atomic E-state index is 0.127. The van der Waals surface area contributed by atoms with Crippen LogP contribution >= 0.6 is 0 Å². The van der Waals surface area contributed by atoms with Gasteiger partial charge in [0.25, 0.3) is 5.91 Å². The van der Waals surface area contributed by atoms with Crippen LogP contribution in [-0.4, -0.2) is 43.1 Å². The Morgan fingerprint density at radius 1 is 1.16 bits per heavy atom. The zero-order valence-corrected chi connectivity index (χ0v) is 16.0. The van der Waals surface area contributed by atoms with Gasteiger partial charge in [-0.05, 0) is 74.7 Å². The van der Waals surface area contributed by atoms with Gasteiger partial charge in [0, 0.05) is 13.1 Å². The maximum atomic E-state index is 12.9. The van der Waals surface area contributed by atoms with Crippen LogP contribution in [0.25, 0.3) is 0 Å². The quantitative estimate of drug-likeness (QED) is 0.911. The maximum Gasteiger partial charge on any atom is 0.263 e. The number of carbonyl (C=O) groups excluding carboxylic acids is 1. The zero-order valence-electron chi connectivity index (χ0n) is 16.0. The Bertz CT molecular complexity index is 600. The normalized spacial score (nSPS) is 24.8. The summed E-state index contributed by atoms with van der Waals surface area (Å²) in [7, 11) is 0. The Labute approximate surface area is 151 Å². The summed E-state index contributed by atoms with van der Waals surface area (Å²) in [6.07, 6.45) is 1.79. The Morgan fingerprint density at radius 2 is 1.80 bits per heavy atom. The van der Waals surface area contributed by atoms with Crippen LogP contribution in [0, 0.1) is 18.8 Å². The molecule has 4 heteroatoms. The highest BCUT2D eigenvalue weighted by molar-refractivity contribution is 5.81. The Morgan fingerprint density at radius 3 is 2.40 bits per heavy atom. The van der Waals surface area contributed by atoms with Crippen molar-refractivity contribution >= 4 is 5.91 Å². The Balaban J connectivity index is 1.63. The van der Waals surface area contributed by atoms with Crippen LogP contribution in [0.4, 0.5) is 0 Å². The molecule has 3 rings (SSSR count). The molecule has 0 radical (unpaired) electrons. The van der Waals surface area contributed by atoms with Gasteiger partial charge in [-0.25, -0.2) is 0 Å². The monoisotopic (exact) mass is 344 g/mol. The Kier molecular flexibility index (Phi) is 5.67. The molecule has 138 valence electrons. The Hall–Kier alpha value is -1.55. The molecule has 2 heterocycles. The second-order valence-corrected chi connectivity index (χ2v) is 8.02. The fourth-order valence-corrected chi connectivity index (χ4v) is 4.04. The van der Waals surface area contributed by atoms with Crippen molar-refractivity contribution in [1.29, 1.82) is 0 Å². The molecule has 0 saturated carbocycles. The van der Waals surface area contributed by atoms with Crippen molar-refractivity contribution in [1.82, 2.24) is 10.2 Å². The second kappa shape index (κ2) is 7.77. The molecule has 2 saturated heterocycles. The fraction of sp³-hybridized carbons (Fsp3) is 0.667. The molecule has 1 unspecified atom stereocenters. The first kappa shape index (κ1) is 18.2. The SMILES string of the molecule is Cc1ccc(C(C)C)cc1OC(C)C(=O)N1CC[C@@H]2CNC[C@@H]2CC1. The van der Waals surface area contributed by atoms with Crippen molar-refractivity contribution in [2.24, 2.45) is 11.8 Å². The summed E-state index contributed by atoms with van der Waals surface area (Å²) in [6, 6.07) is 6.31. The number of carbonyl (C=O) groups is 1. The molecule has 0 bridgehead atoms. The lowest BCUT2D eigenvalue weighted by atomic mass is 9.92. The van der Waals surface area contributed by atoms with Crippen LogP contribution in [0.3, 0.4) is 0 Å². The fourth-order valence-electron chi connectivity index (χ4n) is 4.04. The topological polar surface area (TPSA) is 41.6 Å². The van der Waals surface area contributed by atoms with E-state index in [4.69, 9.17) is 4.74 Å². The van der Waals surface area contributed by atoms with Crippen molar-refractivity contribution in [2.75, 3.05) is 26.2 Å². The molecule has 1 amide bonds. The van der Waals surface area contributed by atoms with Crippen LogP contribution in [0.1, 0.15) is 50.7 Å². The van der Waals surface area contributed by atoms with E-state index < -0.39 is 6.10 Å². The van der Waals surface area contributed by atoms with Gasteiger partial charge in [0.2, 0.25) is 0 Å². The molecule has 0 aromatic heterocycles. The summed E-state index contributed by atoms with van der Waals surface area (Å²) < 4.78 is 6.08. The van der Waals surface area contributed by atoms with Crippen LogP contribution in [0.15, 0.2) is 18.2 Å². The first-order chi connectivity index (χ1) is 12.0. The number of aryl methyl sites for hydroxylation is 1. The van der Waals surface area contributed by atoms with E-state index in [2.05, 4.69) is 37.4 Å². The van der Waals surface area contributed by atoms with E-state index in [1.807, 2.05) is 18.7 Å². The molecule has 2 aliphatic heterocycles. The first-order valence-corrected chi connectivity index (χ1v) is 9.72. The second-order valence-electron chi connectivity index (χ2n) is 8.02. The highest BCUT2D eigenvalue weighted by atomic mass is 16.5. The summed E-state index contributed by atoms with van der Waals surface area (Å²) in [5.41, 5.74) is 2.33. The van der Waals surface area contributed by atoms with Crippen molar-refractivity contribution in [3.05, 3.63) is 29.3 Å². The van der Waals surface area contributed by atoms with Crippen LogP contribution in [-0.2, 0) is 4.79 Å². The smallest absolute Gasteiger partial charge is 0.263 e. The number of ether oxygens (including phenoxy) is 1. The number of likely N-dealkylation sites (tertiary alicyclic amines) is 1. The molecular formula is C21H32N2O2. The van der Waals surface area contributed by atoms with E-state index >= 15 is 0 Å². The summed E-state index contributed by atoms with van der Waals surface area (Å²) in [5, 5.41) is 3.48. The molecule has 0 spiro atoms. The van der Waals surface area contributed by atoms with Crippen molar-refractivity contribution in [3.63, 3.8) is 0 Å². The molecule has 1 aromatic rings. The summed E-state index contributed by atoms with van der Waals surface area (Å²) in [5.74, 6) is 2.88. The zero-order chi connectivity index (χ0) is 18.0. The number of nitrogens with one attached hydrogen (secondary N) is 1. The number of fused-ring (bicyclic) bond motifs is 1.